The van der Waals surface area contributed by atoms with Crippen LogP contribution in [0.25, 0.3) is 0 Å². The molecule has 0 saturated carbocycles. The van der Waals surface area contributed by atoms with Gasteiger partial charge in [0.05, 0.1) is 0 Å². The second kappa shape index (κ2) is 4.99. The predicted octanol–water partition coefficient (Wildman–Crippen LogP) is 3.52. The highest BCUT2D eigenvalue weighted by atomic mass is 19.1. The summed E-state index contributed by atoms with van der Waals surface area (Å²) in [5.41, 5.74) is 3.17. The van der Waals surface area contributed by atoms with Crippen LogP contribution in [-0.4, -0.2) is 6.54 Å². The lowest BCUT2D eigenvalue weighted by Crippen LogP contribution is -2.05. The SMILES string of the molecule is CCCNc1c(C)cc(F)cc1CC. The third-order valence-electron chi connectivity index (χ3n) is 2.31. The van der Waals surface area contributed by atoms with E-state index in [1.807, 2.05) is 13.8 Å². The molecule has 78 valence electrons. The summed E-state index contributed by atoms with van der Waals surface area (Å²) in [5.74, 6) is -0.138. The van der Waals surface area contributed by atoms with Crippen LogP contribution in [0.4, 0.5) is 10.1 Å². The number of nitrogens with one attached hydrogen (secondary N) is 1. The molecule has 0 atom stereocenters. The van der Waals surface area contributed by atoms with E-state index >= 15 is 0 Å². The number of rotatable bonds is 4. The molecule has 1 aromatic rings. The van der Waals surface area contributed by atoms with Gasteiger partial charge in [0.2, 0.25) is 0 Å². The van der Waals surface area contributed by atoms with Gasteiger partial charge in [-0.05, 0) is 43.0 Å². The molecule has 2 heteroatoms. The standard InChI is InChI=1S/C12H18FN/c1-4-6-14-12-9(3)7-11(13)8-10(12)5-2/h7-8,14H,4-6H2,1-3H3. The largest absolute Gasteiger partial charge is 0.385 e. The predicted molar refractivity (Wildman–Crippen MR) is 59.3 cm³/mol. The van der Waals surface area contributed by atoms with E-state index < -0.39 is 0 Å². The fraction of sp³-hybridized carbons (Fsp3) is 0.500. The van der Waals surface area contributed by atoms with E-state index in [1.165, 1.54) is 0 Å². The van der Waals surface area contributed by atoms with Crippen molar-refractivity contribution in [2.75, 3.05) is 11.9 Å². The summed E-state index contributed by atoms with van der Waals surface area (Å²) < 4.78 is 13.1. The number of anilines is 1. The van der Waals surface area contributed by atoms with Crippen molar-refractivity contribution < 1.29 is 4.39 Å². The maximum absolute atomic E-state index is 13.1. The van der Waals surface area contributed by atoms with Crippen molar-refractivity contribution in [1.82, 2.24) is 0 Å². The molecule has 0 heterocycles. The van der Waals surface area contributed by atoms with Gasteiger partial charge >= 0.3 is 0 Å². The summed E-state index contributed by atoms with van der Waals surface area (Å²) in [6, 6.07) is 3.20. The van der Waals surface area contributed by atoms with E-state index in [4.69, 9.17) is 0 Å². The quantitative estimate of drug-likeness (QED) is 0.775. The van der Waals surface area contributed by atoms with Crippen LogP contribution in [0.5, 0.6) is 0 Å². The summed E-state index contributed by atoms with van der Waals surface area (Å²) in [5, 5.41) is 3.34. The highest BCUT2D eigenvalue weighted by Gasteiger charge is 2.05. The lowest BCUT2D eigenvalue weighted by molar-refractivity contribution is 0.624. The van der Waals surface area contributed by atoms with E-state index in [9.17, 15) is 4.39 Å². The minimum Gasteiger partial charge on any atom is -0.385 e. The molecular formula is C12H18FN. The zero-order valence-electron chi connectivity index (χ0n) is 9.15. The van der Waals surface area contributed by atoms with Crippen molar-refractivity contribution in [3.63, 3.8) is 0 Å². The van der Waals surface area contributed by atoms with E-state index in [2.05, 4.69) is 12.2 Å². The van der Waals surface area contributed by atoms with E-state index in [1.54, 1.807) is 12.1 Å². The zero-order chi connectivity index (χ0) is 10.6. The molecule has 1 rings (SSSR count). The molecule has 0 bridgehead atoms. The summed E-state index contributed by atoms with van der Waals surface area (Å²) in [6.07, 6.45) is 1.95. The minimum absolute atomic E-state index is 0.138. The minimum atomic E-state index is -0.138. The Morgan fingerprint density at radius 1 is 1.29 bits per heavy atom. The first-order chi connectivity index (χ1) is 6.69. The van der Waals surface area contributed by atoms with Crippen molar-refractivity contribution in [1.29, 1.82) is 0 Å². The van der Waals surface area contributed by atoms with Gasteiger partial charge in [-0.25, -0.2) is 4.39 Å². The molecule has 0 aromatic heterocycles. The van der Waals surface area contributed by atoms with Gasteiger partial charge in [0.15, 0.2) is 0 Å². The lowest BCUT2D eigenvalue weighted by atomic mass is 10.1. The van der Waals surface area contributed by atoms with Crippen LogP contribution in [0.15, 0.2) is 12.1 Å². The number of hydrogen-bond donors (Lipinski definition) is 1. The van der Waals surface area contributed by atoms with Crippen LogP contribution >= 0.6 is 0 Å². The molecule has 0 fully saturated rings. The van der Waals surface area contributed by atoms with Crippen LogP contribution < -0.4 is 5.32 Å². The molecule has 14 heavy (non-hydrogen) atoms. The Morgan fingerprint density at radius 3 is 2.57 bits per heavy atom. The van der Waals surface area contributed by atoms with E-state index in [0.717, 1.165) is 36.2 Å². The third kappa shape index (κ3) is 2.47. The first-order valence-electron chi connectivity index (χ1n) is 5.22. The molecule has 0 aliphatic carbocycles. The second-order valence-corrected chi connectivity index (χ2v) is 3.54. The molecule has 0 radical (unpaired) electrons. The van der Waals surface area contributed by atoms with E-state index in [0.29, 0.717) is 0 Å². The van der Waals surface area contributed by atoms with Crippen LogP contribution in [-0.2, 0) is 6.42 Å². The van der Waals surface area contributed by atoms with Gasteiger partial charge in [0.1, 0.15) is 5.82 Å². The maximum atomic E-state index is 13.1. The van der Waals surface area contributed by atoms with Crippen molar-refractivity contribution in [2.45, 2.75) is 33.6 Å². The Balaban J connectivity index is 2.99. The Kier molecular flexibility index (Phi) is 3.93. The average molecular weight is 195 g/mol. The van der Waals surface area contributed by atoms with Crippen molar-refractivity contribution in [2.24, 2.45) is 0 Å². The highest BCUT2D eigenvalue weighted by molar-refractivity contribution is 5.57. The summed E-state index contributed by atoms with van der Waals surface area (Å²) in [7, 11) is 0. The number of hydrogen-bond acceptors (Lipinski definition) is 1. The first-order valence-corrected chi connectivity index (χ1v) is 5.22. The highest BCUT2D eigenvalue weighted by Crippen LogP contribution is 2.22. The average Bonchev–Trinajstić information content (AvgIpc) is 2.15. The van der Waals surface area contributed by atoms with Gasteiger partial charge < -0.3 is 5.32 Å². The fourth-order valence-corrected chi connectivity index (χ4v) is 1.59. The first kappa shape index (κ1) is 11.0. The van der Waals surface area contributed by atoms with Crippen LogP contribution in [0, 0.1) is 12.7 Å². The molecule has 0 spiro atoms. The molecule has 1 nitrogen and oxygen atoms in total. The van der Waals surface area contributed by atoms with E-state index in [-0.39, 0.29) is 5.82 Å². The second-order valence-electron chi connectivity index (χ2n) is 3.54. The smallest absolute Gasteiger partial charge is 0.123 e. The van der Waals surface area contributed by atoms with Gasteiger partial charge in [-0.2, -0.15) is 0 Å². The van der Waals surface area contributed by atoms with Crippen molar-refractivity contribution in [3.8, 4) is 0 Å². The Labute approximate surface area is 85.3 Å². The van der Waals surface area contributed by atoms with Gasteiger partial charge in [0, 0.05) is 12.2 Å². The Bertz CT molecular complexity index is 307. The van der Waals surface area contributed by atoms with Crippen LogP contribution in [0.3, 0.4) is 0 Å². The van der Waals surface area contributed by atoms with Crippen LogP contribution in [0.1, 0.15) is 31.4 Å². The summed E-state index contributed by atoms with van der Waals surface area (Å²) >= 11 is 0. The molecule has 0 amide bonds. The zero-order valence-corrected chi connectivity index (χ0v) is 9.15. The van der Waals surface area contributed by atoms with Gasteiger partial charge in [-0.15, -0.1) is 0 Å². The monoisotopic (exact) mass is 195 g/mol. The molecule has 0 saturated heterocycles. The maximum Gasteiger partial charge on any atom is 0.123 e. The summed E-state index contributed by atoms with van der Waals surface area (Å²) in [4.78, 5) is 0. The topological polar surface area (TPSA) is 12.0 Å². The summed E-state index contributed by atoms with van der Waals surface area (Å²) in [6.45, 7) is 7.06. The molecule has 0 aliphatic rings. The fourth-order valence-electron chi connectivity index (χ4n) is 1.59. The molecule has 0 unspecified atom stereocenters. The number of halogens is 1. The Morgan fingerprint density at radius 2 is 2.00 bits per heavy atom. The lowest BCUT2D eigenvalue weighted by Gasteiger charge is -2.13. The Hall–Kier alpha value is -1.05. The molecule has 0 aliphatic heterocycles. The number of benzene rings is 1. The molecular weight excluding hydrogens is 177 g/mol. The van der Waals surface area contributed by atoms with Gasteiger partial charge in [0.25, 0.3) is 0 Å². The molecule has 1 N–H and O–H groups in total. The molecule has 1 aromatic carbocycles. The normalized spacial score (nSPS) is 10.3. The third-order valence-corrected chi connectivity index (χ3v) is 2.31. The van der Waals surface area contributed by atoms with Crippen LogP contribution in [0.2, 0.25) is 0 Å². The van der Waals surface area contributed by atoms with Crippen molar-refractivity contribution >= 4 is 5.69 Å². The number of aryl methyl sites for hydroxylation is 2. The van der Waals surface area contributed by atoms with Gasteiger partial charge in [-0.3, -0.25) is 0 Å². The van der Waals surface area contributed by atoms with Crippen molar-refractivity contribution in [3.05, 3.63) is 29.1 Å². The van der Waals surface area contributed by atoms with Gasteiger partial charge in [-0.1, -0.05) is 13.8 Å².